The molecule has 0 aromatic heterocycles. The highest BCUT2D eigenvalue weighted by molar-refractivity contribution is 8.18. The molecule has 3 amide bonds. The van der Waals surface area contributed by atoms with Gasteiger partial charge in [0.2, 0.25) is 5.91 Å². The van der Waals surface area contributed by atoms with E-state index in [1.165, 1.54) is 25.3 Å². The highest BCUT2D eigenvalue weighted by Gasteiger charge is 2.36. The summed E-state index contributed by atoms with van der Waals surface area (Å²) in [6.07, 6.45) is 2.40. The van der Waals surface area contributed by atoms with Crippen LogP contribution in [0, 0.1) is 5.82 Å². The average molecular weight is 459 g/mol. The van der Waals surface area contributed by atoms with E-state index in [1.54, 1.807) is 30.3 Å². The van der Waals surface area contributed by atoms with E-state index in [0.29, 0.717) is 17.1 Å². The SMILES string of the molecule is CC[C@@H](C)Oc1ccc(/C=C2\SC(=O)N(CC(=O)Nc3ccccc3F)C2=O)cc1OC. The summed E-state index contributed by atoms with van der Waals surface area (Å²) in [5, 5.41) is 1.79. The van der Waals surface area contributed by atoms with Gasteiger partial charge in [-0.05, 0) is 61.0 Å². The fraction of sp³-hybridized carbons (Fsp3) is 0.261. The molecule has 1 aliphatic rings. The molecule has 0 radical (unpaired) electrons. The van der Waals surface area contributed by atoms with E-state index in [1.807, 2.05) is 13.8 Å². The van der Waals surface area contributed by atoms with Crippen molar-refractivity contribution in [2.24, 2.45) is 0 Å². The summed E-state index contributed by atoms with van der Waals surface area (Å²) in [7, 11) is 1.52. The zero-order valence-corrected chi connectivity index (χ0v) is 18.7. The van der Waals surface area contributed by atoms with Gasteiger partial charge in [-0.3, -0.25) is 19.3 Å². The minimum Gasteiger partial charge on any atom is -0.493 e. The van der Waals surface area contributed by atoms with Gasteiger partial charge in [0.25, 0.3) is 11.1 Å². The van der Waals surface area contributed by atoms with Crippen molar-refractivity contribution in [1.82, 2.24) is 4.90 Å². The number of hydrogen-bond acceptors (Lipinski definition) is 6. The number of carbonyl (C=O) groups is 3. The number of carbonyl (C=O) groups excluding carboxylic acids is 3. The first-order valence-corrected chi connectivity index (χ1v) is 10.8. The number of nitrogens with one attached hydrogen (secondary N) is 1. The van der Waals surface area contributed by atoms with Crippen LogP contribution < -0.4 is 14.8 Å². The molecule has 0 aliphatic carbocycles. The van der Waals surface area contributed by atoms with Crippen LogP contribution in [-0.2, 0) is 9.59 Å². The fourth-order valence-electron chi connectivity index (χ4n) is 2.85. The first kappa shape index (κ1) is 23.3. The monoisotopic (exact) mass is 458 g/mol. The summed E-state index contributed by atoms with van der Waals surface area (Å²) in [5.74, 6) is -0.793. The van der Waals surface area contributed by atoms with Crippen LogP contribution in [0.25, 0.3) is 6.08 Å². The van der Waals surface area contributed by atoms with Crippen LogP contribution in [-0.4, -0.2) is 41.7 Å². The third-order valence-corrected chi connectivity index (χ3v) is 5.62. The van der Waals surface area contributed by atoms with E-state index < -0.39 is 29.4 Å². The molecule has 2 aromatic carbocycles. The third kappa shape index (κ3) is 5.47. The van der Waals surface area contributed by atoms with E-state index in [4.69, 9.17) is 9.47 Å². The molecule has 3 rings (SSSR count). The first-order chi connectivity index (χ1) is 15.3. The van der Waals surface area contributed by atoms with E-state index >= 15 is 0 Å². The molecular weight excluding hydrogens is 435 g/mol. The molecule has 32 heavy (non-hydrogen) atoms. The number of imide groups is 1. The largest absolute Gasteiger partial charge is 0.493 e. The first-order valence-electron chi connectivity index (χ1n) is 9.96. The van der Waals surface area contributed by atoms with Gasteiger partial charge in [0.05, 0.1) is 23.8 Å². The zero-order chi connectivity index (χ0) is 23.3. The molecule has 0 spiro atoms. The van der Waals surface area contributed by atoms with Crippen LogP contribution in [0.5, 0.6) is 11.5 Å². The molecule has 0 bridgehead atoms. The predicted octanol–water partition coefficient (Wildman–Crippen LogP) is 4.69. The average Bonchev–Trinajstić information content (AvgIpc) is 3.03. The molecule has 0 unspecified atom stereocenters. The molecule has 2 aromatic rings. The Morgan fingerprint density at radius 1 is 1.22 bits per heavy atom. The molecular formula is C23H23FN2O5S. The highest BCUT2D eigenvalue weighted by Crippen LogP contribution is 2.35. The van der Waals surface area contributed by atoms with Crippen molar-refractivity contribution in [3.63, 3.8) is 0 Å². The summed E-state index contributed by atoms with van der Waals surface area (Å²) in [6.45, 7) is 3.45. The number of ether oxygens (including phenoxy) is 2. The number of amides is 3. The van der Waals surface area contributed by atoms with Crippen molar-refractivity contribution in [2.75, 3.05) is 19.0 Å². The highest BCUT2D eigenvalue weighted by atomic mass is 32.2. The lowest BCUT2D eigenvalue weighted by Crippen LogP contribution is -2.36. The van der Waals surface area contributed by atoms with E-state index in [0.717, 1.165) is 23.1 Å². The summed E-state index contributed by atoms with van der Waals surface area (Å²) in [5.41, 5.74) is 0.617. The number of para-hydroxylation sites is 1. The van der Waals surface area contributed by atoms with Crippen molar-refractivity contribution in [3.05, 3.63) is 58.8 Å². The van der Waals surface area contributed by atoms with Crippen molar-refractivity contribution in [2.45, 2.75) is 26.4 Å². The third-order valence-electron chi connectivity index (χ3n) is 4.71. The Kier molecular flexibility index (Phi) is 7.53. The van der Waals surface area contributed by atoms with Crippen LogP contribution in [0.4, 0.5) is 14.9 Å². The van der Waals surface area contributed by atoms with Gasteiger partial charge in [0.15, 0.2) is 11.5 Å². The number of methoxy groups -OCH3 is 1. The van der Waals surface area contributed by atoms with Crippen LogP contribution in [0.15, 0.2) is 47.4 Å². The zero-order valence-electron chi connectivity index (χ0n) is 17.9. The maximum atomic E-state index is 13.7. The number of benzene rings is 2. The number of anilines is 1. The molecule has 0 saturated carbocycles. The van der Waals surface area contributed by atoms with Gasteiger partial charge in [-0.2, -0.15) is 0 Å². The van der Waals surface area contributed by atoms with Gasteiger partial charge in [-0.15, -0.1) is 0 Å². The second kappa shape index (κ2) is 10.3. The van der Waals surface area contributed by atoms with Crippen molar-refractivity contribution in [1.29, 1.82) is 0 Å². The Hall–Kier alpha value is -3.33. The molecule has 7 nitrogen and oxygen atoms in total. The minimum atomic E-state index is -0.674. The Bertz CT molecular complexity index is 1070. The topological polar surface area (TPSA) is 84.9 Å². The Morgan fingerprint density at radius 2 is 1.97 bits per heavy atom. The summed E-state index contributed by atoms with van der Waals surface area (Å²) < 4.78 is 24.9. The maximum Gasteiger partial charge on any atom is 0.294 e. The normalized spacial score (nSPS) is 15.8. The van der Waals surface area contributed by atoms with Crippen LogP contribution in [0.2, 0.25) is 0 Å². The van der Waals surface area contributed by atoms with E-state index in [2.05, 4.69) is 5.32 Å². The minimum absolute atomic E-state index is 0.0155. The predicted molar refractivity (Wildman–Crippen MR) is 121 cm³/mol. The number of hydrogen-bond donors (Lipinski definition) is 1. The Balaban J connectivity index is 1.72. The number of halogens is 1. The molecule has 1 N–H and O–H groups in total. The van der Waals surface area contributed by atoms with Gasteiger partial charge in [-0.25, -0.2) is 4.39 Å². The van der Waals surface area contributed by atoms with Crippen molar-refractivity contribution < 1.29 is 28.2 Å². The smallest absolute Gasteiger partial charge is 0.294 e. The second-order valence-corrected chi connectivity index (χ2v) is 8.04. The summed E-state index contributed by atoms with van der Waals surface area (Å²) in [4.78, 5) is 38.2. The Labute approximate surface area is 189 Å². The van der Waals surface area contributed by atoms with E-state index in [9.17, 15) is 18.8 Å². The van der Waals surface area contributed by atoms with Crippen LogP contribution in [0.1, 0.15) is 25.8 Å². The standard InChI is InChI=1S/C23H23FN2O5S/c1-4-14(2)31-18-10-9-15(11-19(18)30-3)12-20-22(28)26(23(29)32-20)13-21(27)25-17-8-6-5-7-16(17)24/h5-12,14H,4,13H2,1-3H3,(H,25,27)/b20-12-/t14-/m1/s1. The quantitative estimate of drug-likeness (QED) is 0.578. The molecule has 168 valence electrons. The van der Waals surface area contributed by atoms with Gasteiger partial charge in [0, 0.05) is 0 Å². The van der Waals surface area contributed by atoms with Crippen molar-refractivity contribution >= 4 is 40.6 Å². The molecule has 1 saturated heterocycles. The van der Waals surface area contributed by atoms with Gasteiger partial charge in [0.1, 0.15) is 12.4 Å². The molecule has 1 atom stereocenters. The molecule has 9 heteroatoms. The number of thioether (sulfide) groups is 1. The lowest BCUT2D eigenvalue weighted by atomic mass is 10.1. The number of nitrogens with zero attached hydrogens (tertiary/aromatic N) is 1. The second-order valence-electron chi connectivity index (χ2n) is 7.04. The summed E-state index contributed by atoms with van der Waals surface area (Å²) >= 11 is 0.732. The number of rotatable bonds is 8. The van der Waals surface area contributed by atoms with Crippen molar-refractivity contribution in [3.8, 4) is 11.5 Å². The Morgan fingerprint density at radius 3 is 2.66 bits per heavy atom. The summed E-state index contributed by atoms with van der Waals surface area (Å²) in [6, 6.07) is 10.8. The fourth-order valence-corrected chi connectivity index (χ4v) is 3.69. The van der Waals surface area contributed by atoms with Gasteiger partial charge < -0.3 is 14.8 Å². The lowest BCUT2D eigenvalue weighted by molar-refractivity contribution is -0.127. The van der Waals surface area contributed by atoms with Gasteiger partial charge >= 0.3 is 0 Å². The maximum absolute atomic E-state index is 13.7. The molecule has 1 heterocycles. The molecule has 1 aliphatic heterocycles. The van der Waals surface area contributed by atoms with Crippen LogP contribution in [0.3, 0.4) is 0 Å². The van der Waals surface area contributed by atoms with Gasteiger partial charge in [-0.1, -0.05) is 25.1 Å². The van der Waals surface area contributed by atoms with Crippen LogP contribution >= 0.6 is 11.8 Å². The lowest BCUT2D eigenvalue weighted by Gasteiger charge is -2.15. The molecule has 1 fully saturated rings. The van der Waals surface area contributed by atoms with E-state index in [-0.39, 0.29) is 16.7 Å².